The second-order valence-electron chi connectivity index (χ2n) is 2.05. The van der Waals surface area contributed by atoms with Crippen molar-refractivity contribution in [2.24, 2.45) is 0 Å². The van der Waals surface area contributed by atoms with E-state index in [2.05, 4.69) is 6.58 Å². The first kappa shape index (κ1) is 6.72. The van der Waals surface area contributed by atoms with Crippen LogP contribution >= 0.6 is 0 Å². The molecule has 0 unspecified atom stereocenters. The van der Waals surface area contributed by atoms with Gasteiger partial charge in [0.05, 0.1) is 0 Å². The second-order valence-corrected chi connectivity index (χ2v) is 2.05. The molecular formula is C8H6O2. The highest BCUT2D eigenvalue weighted by molar-refractivity contribution is 6.15. The van der Waals surface area contributed by atoms with E-state index in [9.17, 15) is 9.59 Å². The molecule has 0 saturated carbocycles. The van der Waals surface area contributed by atoms with Crippen molar-refractivity contribution in [2.75, 3.05) is 0 Å². The van der Waals surface area contributed by atoms with Crippen LogP contribution in [0.4, 0.5) is 0 Å². The maximum absolute atomic E-state index is 10.9. The van der Waals surface area contributed by atoms with E-state index in [4.69, 9.17) is 0 Å². The summed E-state index contributed by atoms with van der Waals surface area (Å²) in [5.41, 5.74) is 0.539. The average molecular weight is 134 g/mol. The van der Waals surface area contributed by atoms with E-state index in [0.717, 1.165) is 0 Å². The molecule has 0 radical (unpaired) electrons. The third kappa shape index (κ3) is 0.971. The van der Waals surface area contributed by atoms with Crippen molar-refractivity contribution in [1.29, 1.82) is 0 Å². The smallest absolute Gasteiger partial charge is 0.199 e. The number of ketones is 1. The Balaban J connectivity index is 3.10. The van der Waals surface area contributed by atoms with Crippen LogP contribution in [0.3, 0.4) is 0 Å². The van der Waals surface area contributed by atoms with Gasteiger partial charge in [0.1, 0.15) is 11.5 Å². The first-order valence-electron chi connectivity index (χ1n) is 2.90. The molecule has 2 nitrogen and oxygen atoms in total. The maximum atomic E-state index is 10.9. The van der Waals surface area contributed by atoms with E-state index in [1.807, 2.05) is 0 Å². The zero-order chi connectivity index (χ0) is 7.56. The van der Waals surface area contributed by atoms with Gasteiger partial charge in [-0.3, -0.25) is 4.79 Å². The summed E-state index contributed by atoms with van der Waals surface area (Å²) in [6.45, 7) is 3.49. The number of Topliss-reactive ketones (excluding diaryl/α,β-unsaturated/α-hetero) is 1. The van der Waals surface area contributed by atoms with Crippen LogP contribution in [0.1, 0.15) is 6.42 Å². The van der Waals surface area contributed by atoms with Crippen molar-refractivity contribution < 1.29 is 9.59 Å². The molecule has 10 heavy (non-hydrogen) atoms. The lowest BCUT2D eigenvalue weighted by Gasteiger charge is -2.03. The monoisotopic (exact) mass is 134 g/mol. The molecule has 1 rings (SSSR count). The average Bonchev–Trinajstić information content (AvgIpc) is 1.95. The quantitative estimate of drug-likeness (QED) is 0.363. The minimum Gasteiger partial charge on any atom is -0.288 e. The van der Waals surface area contributed by atoms with Gasteiger partial charge in [0.2, 0.25) is 0 Å². The molecular weight excluding hydrogens is 128 g/mol. The lowest BCUT2D eigenvalue weighted by atomic mass is 9.98. The molecule has 0 aromatic heterocycles. The first-order valence-corrected chi connectivity index (χ1v) is 2.90. The van der Waals surface area contributed by atoms with Crippen LogP contribution in [0.25, 0.3) is 0 Å². The van der Waals surface area contributed by atoms with Crippen LogP contribution < -0.4 is 0 Å². The molecule has 1 aliphatic carbocycles. The van der Waals surface area contributed by atoms with Crippen molar-refractivity contribution in [3.63, 3.8) is 0 Å². The first-order chi connectivity index (χ1) is 4.75. The summed E-state index contributed by atoms with van der Waals surface area (Å²) in [7, 11) is 0. The Morgan fingerprint density at radius 2 is 2.30 bits per heavy atom. The van der Waals surface area contributed by atoms with E-state index in [-0.39, 0.29) is 11.4 Å². The number of allylic oxidation sites excluding steroid dienone is 4. The summed E-state index contributed by atoms with van der Waals surface area (Å²) in [6.07, 6.45) is 3.75. The lowest BCUT2D eigenvalue weighted by molar-refractivity contribution is -0.112. The number of rotatable bonds is 0. The molecule has 0 aromatic rings. The summed E-state index contributed by atoms with van der Waals surface area (Å²) in [5, 5.41) is 0. The standard InChI is InChI=1S/C8H6O2/c1-6-3-2-4-7(5-9)8(6)10/h2,4H,1,3H2. The SMILES string of the molecule is C=C1CC=CC(=C=O)C1=O. The van der Waals surface area contributed by atoms with Crippen molar-refractivity contribution in [2.45, 2.75) is 6.42 Å². The van der Waals surface area contributed by atoms with Gasteiger partial charge < -0.3 is 0 Å². The van der Waals surface area contributed by atoms with Crippen LogP contribution in [0, 0.1) is 0 Å². The van der Waals surface area contributed by atoms with Crippen molar-refractivity contribution in [1.82, 2.24) is 0 Å². The zero-order valence-corrected chi connectivity index (χ0v) is 5.39. The summed E-state index contributed by atoms with van der Waals surface area (Å²) >= 11 is 0. The van der Waals surface area contributed by atoms with Gasteiger partial charge in [-0.05, 0) is 18.1 Å². The number of hydrogen-bond donors (Lipinski definition) is 0. The number of carbonyl (C=O) groups excluding carboxylic acids is 2. The highest BCUT2D eigenvalue weighted by Crippen LogP contribution is 2.13. The molecule has 0 saturated heterocycles. The van der Waals surface area contributed by atoms with Crippen molar-refractivity contribution in [3.05, 3.63) is 29.9 Å². The summed E-state index contributed by atoms with van der Waals surface area (Å²) < 4.78 is 0. The molecule has 0 amide bonds. The van der Waals surface area contributed by atoms with E-state index in [1.165, 1.54) is 6.08 Å². The molecule has 1 aliphatic rings. The van der Waals surface area contributed by atoms with Gasteiger partial charge in [-0.15, -0.1) is 0 Å². The van der Waals surface area contributed by atoms with E-state index in [1.54, 1.807) is 12.0 Å². The van der Waals surface area contributed by atoms with Crippen molar-refractivity contribution in [3.8, 4) is 0 Å². The Labute approximate surface area is 58.5 Å². The number of carbonyl (C=O) groups is 1. The van der Waals surface area contributed by atoms with Gasteiger partial charge in [0.15, 0.2) is 5.78 Å². The van der Waals surface area contributed by atoms with Gasteiger partial charge in [0.25, 0.3) is 0 Å². The third-order valence-electron chi connectivity index (χ3n) is 1.32. The fraction of sp³-hybridized carbons (Fsp3) is 0.125. The normalized spacial score (nSPS) is 17.4. The Hall–Kier alpha value is -1.40. The van der Waals surface area contributed by atoms with E-state index >= 15 is 0 Å². The van der Waals surface area contributed by atoms with Gasteiger partial charge in [-0.2, -0.15) is 0 Å². The van der Waals surface area contributed by atoms with Crippen LogP contribution in [0.2, 0.25) is 0 Å². The van der Waals surface area contributed by atoms with Gasteiger partial charge in [0, 0.05) is 0 Å². The molecule has 0 bridgehead atoms. The van der Waals surface area contributed by atoms with Crippen LogP contribution in [0.15, 0.2) is 29.9 Å². The molecule has 50 valence electrons. The predicted molar refractivity (Wildman–Crippen MR) is 37.1 cm³/mol. The van der Waals surface area contributed by atoms with Gasteiger partial charge in [-0.1, -0.05) is 12.7 Å². The Bertz CT molecular complexity index is 265. The van der Waals surface area contributed by atoms with Crippen LogP contribution in [-0.2, 0) is 9.59 Å². The summed E-state index contributed by atoms with van der Waals surface area (Å²) in [5.74, 6) is 1.27. The lowest BCUT2D eigenvalue weighted by Crippen LogP contribution is -2.07. The maximum Gasteiger partial charge on any atom is 0.199 e. The minimum atomic E-state index is -0.280. The fourth-order valence-electron chi connectivity index (χ4n) is 0.758. The zero-order valence-electron chi connectivity index (χ0n) is 5.39. The molecule has 0 fully saturated rings. The number of hydrogen-bond acceptors (Lipinski definition) is 2. The van der Waals surface area contributed by atoms with E-state index < -0.39 is 0 Å². The molecule has 0 atom stereocenters. The molecule has 2 heteroatoms. The predicted octanol–water partition coefficient (Wildman–Crippen LogP) is 0.830. The van der Waals surface area contributed by atoms with E-state index in [0.29, 0.717) is 12.0 Å². The third-order valence-corrected chi connectivity index (χ3v) is 1.32. The Morgan fingerprint density at radius 1 is 1.60 bits per heavy atom. The molecule has 0 N–H and O–H groups in total. The highest BCUT2D eigenvalue weighted by atomic mass is 16.1. The van der Waals surface area contributed by atoms with Gasteiger partial charge >= 0.3 is 0 Å². The molecule has 0 spiro atoms. The Morgan fingerprint density at radius 3 is 2.80 bits per heavy atom. The molecule has 0 aliphatic heterocycles. The fourth-order valence-corrected chi connectivity index (χ4v) is 0.758. The molecule has 0 aromatic carbocycles. The largest absolute Gasteiger partial charge is 0.288 e. The summed E-state index contributed by atoms with van der Waals surface area (Å²) in [6, 6.07) is 0. The Kier molecular flexibility index (Phi) is 1.65. The summed E-state index contributed by atoms with van der Waals surface area (Å²) in [4.78, 5) is 20.9. The minimum absolute atomic E-state index is 0.0799. The molecule has 0 heterocycles. The van der Waals surface area contributed by atoms with Gasteiger partial charge in [-0.25, -0.2) is 4.79 Å². The van der Waals surface area contributed by atoms with Crippen molar-refractivity contribution >= 4 is 11.7 Å². The second kappa shape index (κ2) is 2.46. The topological polar surface area (TPSA) is 34.1 Å². The van der Waals surface area contributed by atoms with Crippen LogP contribution in [0.5, 0.6) is 0 Å². The highest BCUT2D eigenvalue weighted by Gasteiger charge is 2.14. The van der Waals surface area contributed by atoms with Crippen LogP contribution in [-0.4, -0.2) is 11.7 Å².